The summed E-state index contributed by atoms with van der Waals surface area (Å²) in [5.74, 6) is -0.166. The van der Waals surface area contributed by atoms with E-state index in [1.165, 1.54) is 0 Å². The van der Waals surface area contributed by atoms with Crippen LogP contribution in [0.25, 0.3) is 11.4 Å². The molecule has 0 atom stereocenters. The van der Waals surface area contributed by atoms with Crippen LogP contribution in [-0.4, -0.2) is 20.3 Å². The largest absolute Gasteiger partial charge is 0.509 e. The molecule has 0 saturated carbocycles. The van der Waals surface area contributed by atoms with Crippen molar-refractivity contribution in [3.05, 3.63) is 41.4 Å². The normalized spacial score (nSPS) is 12.5. The SMILES string of the molecule is CC(C)(C)/C(O)=C(C#N)/N=N/c1n[nH]c(-c2ccccn2)c1C#N. The number of aromatic amines is 1. The van der Waals surface area contributed by atoms with Gasteiger partial charge in [-0.3, -0.25) is 10.1 Å². The molecular formula is C16H15N7O. The molecule has 0 aromatic carbocycles. The summed E-state index contributed by atoms with van der Waals surface area (Å²) < 4.78 is 0. The van der Waals surface area contributed by atoms with Gasteiger partial charge >= 0.3 is 0 Å². The molecule has 0 bridgehead atoms. The van der Waals surface area contributed by atoms with Crippen molar-refractivity contribution in [3.63, 3.8) is 0 Å². The molecule has 0 fully saturated rings. The molecular weight excluding hydrogens is 306 g/mol. The van der Waals surface area contributed by atoms with E-state index in [0.29, 0.717) is 11.4 Å². The molecule has 2 rings (SSSR count). The summed E-state index contributed by atoms with van der Waals surface area (Å²) in [7, 11) is 0. The average Bonchev–Trinajstić information content (AvgIpc) is 2.98. The number of aromatic nitrogens is 3. The van der Waals surface area contributed by atoms with E-state index in [4.69, 9.17) is 5.26 Å². The monoisotopic (exact) mass is 321 g/mol. The summed E-state index contributed by atoms with van der Waals surface area (Å²) in [6.45, 7) is 5.22. The van der Waals surface area contributed by atoms with Gasteiger partial charge in [0.15, 0.2) is 0 Å². The van der Waals surface area contributed by atoms with E-state index in [0.717, 1.165) is 0 Å². The molecule has 8 nitrogen and oxygen atoms in total. The minimum atomic E-state index is -0.646. The van der Waals surface area contributed by atoms with E-state index in [9.17, 15) is 10.4 Å². The number of aliphatic hydroxyl groups is 1. The molecule has 2 heterocycles. The molecule has 2 aromatic heterocycles. The van der Waals surface area contributed by atoms with Crippen LogP contribution in [-0.2, 0) is 0 Å². The molecule has 8 heteroatoms. The molecule has 0 aliphatic heterocycles. The lowest BCUT2D eigenvalue weighted by atomic mass is 9.93. The second kappa shape index (κ2) is 6.71. The Morgan fingerprint density at radius 3 is 2.58 bits per heavy atom. The summed E-state index contributed by atoms with van der Waals surface area (Å²) >= 11 is 0. The first-order valence-corrected chi connectivity index (χ1v) is 7.04. The first-order valence-electron chi connectivity index (χ1n) is 7.04. The van der Waals surface area contributed by atoms with Crippen LogP contribution in [0.5, 0.6) is 0 Å². The number of nitrogens with one attached hydrogen (secondary N) is 1. The van der Waals surface area contributed by atoms with Gasteiger partial charge in [-0.1, -0.05) is 26.8 Å². The zero-order valence-corrected chi connectivity index (χ0v) is 13.4. The number of aliphatic hydroxyl groups excluding tert-OH is 1. The van der Waals surface area contributed by atoms with Gasteiger partial charge in [0.2, 0.25) is 11.5 Å². The fourth-order valence-corrected chi connectivity index (χ4v) is 1.78. The van der Waals surface area contributed by atoms with E-state index in [2.05, 4.69) is 25.4 Å². The number of hydrogen-bond donors (Lipinski definition) is 2. The van der Waals surface area contributed by atoms with Gasteiger partial charge in [-0.25, -0.2) is 0 Å². The zero-order chi connectivity index (χ0) is 17.7. The van der Waals surface area contributed by atoms with E-state index in [1.807, 2.05) is 6.07 Å². The van der Waals surface area contributed by atoms with Gasteiger partial charge in [0.1, 0.15) is 29.2 Å². The Labute approximate surface area is 138 Å². The zero-order valence-electron chi connectivity index (χ0n) is 13.4. The second-order valence-electron chi connectivity index (χ2n) is 5.88. The van der Waals surface area contributed by atoms with Crippen LogP contribution in [0.15, 0.2) is 46.1 Å². The van der Waals surface area contributed by atoms with Gasteiger partial charge < -0.3 is 5.11 Å². The molecule has 0 saturated heterocycles. The number of pyridine rings is 1. The van der Waals surface area contributed by atoms with Gasteiger partial charge in [0.05, 0.1) is 5.69 Å². The number of nitriles is 2. The van der Waals surface area contributed by atoms with Crippen LogP contribution in [0.2, 0.25) is 0 Å². The molecule has 0 amide bonds. The lowest BCUT2D eigenvalue weighted by Crippen LogP contribution is -2.10. The topological polar surface area (TPSA) is 134 Å². The van der Waals surface area contributed by atoms with Crippen LogP contribution in [0.3, 0.4) is 0 Å². The fourth-order valence-electron chi connectivity index (χ4n) is 1.78. The summed E-state index contributed by atoms with van der Waals surface area (Å²) in [6.07, 6.45) is 1.59. The Hall–Kier alpha value is -3.52. The number of rotatable bonds is 3. The van der Waals surface area contributed by atoms with Crippen LogP contribution in [0.4, 0.5) is 5.82 Å². The lowest BCUT2D eigenvalue weighted by molar-refractivity contribution is 0.272. The molecule has 0 unspecified atom stereocenters. The summed E-state index contributed by atoms with van der Waals surface area (Å²) in [4.78, 5) is 4.15. The lowest BCUT2D eigenvalue weighted by Gasteiger charge is -2.16. The Morgan fingerprint density at radius 1 is 1.29 bits per heavy atom. The highest BCUT2D eigenvalue weighted by Crippen LogP contribution is 2.29. The van der Waals surface area contributed by atoms with Gasteiger partial charge in [-0.05, 0) is 12.1 Å². The predicted octanol–water partition coefficient (Wildman–Crippen LogP) is 3.77. The predicted molar refractivity (Wildman–Crippen MR) is 85.8 cm³/mol. The standard InChI is InChI=1S/C16H15N7O/c1-16(2,3)14(24)12(9-18)20-22-15-10(8-17)13(21-23-15)11-6-4-5-7-19-11/h4-7,24H,1-3H3,(H,21,23)/b14-12-,22-20+. The van der Waals surface area contributed by atoms with E-state index in [-0.39, 0.29) is 22.8 Å². The van der Waals surface area contributed by atoms with Crippen molar-refractivity contribution in [2.45, 2.75) is 20.8 Å². The molecule has 0 spiro atoms. The summed E-state index contributed by atoms with van der Waals surface area (Å²) in [5.41, 5.74) is 0.234. The number of nitrogens with zero attached hydrogens (tertiary/aromatic N) is 6. The highest BCUT2D eigenvalue weighted by Gasteiger charge is 2.21. The first kappa shape index (κ1) is 16.8. The van der Waals surface area contributed by atoms with Crippen molar-refractivity contribution in [1.82, 2.24) is 15.2 Å². The van der Waals surface area contributed by atoms with Gasteiger partial charge in [-0.2, -0.15) is 15.6 Å². The van der Waals surface area contributed by atoms with Crippen LogP contribution >= 0.6 is 0 Å². The van der Waals surface area contributed by atoms with Crippen LogP contribution in [0, 0.1) is 28.1 Å². The Kier molecular flexibility index (Phi) is 4.71. The third-order valence-electron chi connectivity index (χ3n) is 3.07. The molecule has 24 heavy (non-hydrogen) atoms. The van der Waals surface area contributed by atoms with E-state index in [1.54, 1.807) is 51.2 Å². The molecule has 0 aliphatic carbocycles. The minimum absolute atomic E-state index is 0.0209. The van der Waals surface area contributed by atoms with Crippen molar-refractivity contribution >= 4 is 5.82 Å². The Bertz CT molecular complexity index is 874. The maximum atomic E-state index is 10.0. The minimum Gasteiger partial charge on any atom is -0.509 e. The van der Waals surface area contributed by atoms with E-state index >= 15 is 0 Å². The average molecular weight is 321 g/mol. The van der Waals surface area contributed by atoms with Crippen molar-refractivity contribution in [2.75, 3.05) is 0 Å². The third kappa shape index (κ3) is 3.45. The van der Waals surface area contributed by atoms with E-state index < -0.39 is 5.41 Å². The third-order valence-corrected chi connectivity index (χ3v) is 3.07. The maximum Gasteiger partial charge on any atom is 0.213 e. The number of allylic oxidation sites excluding steroid dienone is 2. The molecule has 0 aliphatic rings. The number of azo groups is 1. The van der Waals surface area contributed by atoms with Crippen LogP contribution in [0.1, 0.15) is 26.3 Å². The van der Waals surface area contributed by atoms with Crippen LogP contribution < -0.4 is 0 Å². The molecule has 120 valence electrons. The number of H-pyrrole nitrogens is 1. The molecule has 2 aromatic rings. The van der Waals surface area contributed by atoms with Gasteiger partial charge in [-0.15, -0.1) is 10.2 Å². The smallest absolute Gasteiger partial charge is 0.213 e. The second-order valence-corrected chi connectivity index (χ2v) is 5.88. The number of hydrogen-bond acceptors (Lipinski definition) is 7. The quantitative estimate of drug-likeness (QED) is 0.504. The molecule has 0 radical (unpaired) electrons. The molecule has 2 N–H and O–H groups in total. The maximum absolute atomic E-state index is 10.0. The fraction of sp³-hybridized carbons (Fsp3) is 0.250. The van der Waals surface area contributed by atoms with Gasteiger partial charge in [0.25, 0.3) is 0 Å². The Morgan fingerprint density at radius 2 is 2.04 bits per heavy atom. The van der Waals surface area contributed by atoms with Crippen molar-refractivity contribution in [1.29, 1.82) is 10.5 Å². The van der Waals surface area contributed by atoms with Gasteiger partial charge in [0, 0.05) is 11.6 Å². The van der Waals surface area contributed by atoms with Crippen molar-refractivity contribution in [2.24, 2.45) is 15.6 Å². The summed E-state index contributed by atoms with van der Waals surface area (Å²) in [6, 6.07) is 9.05. The van der Waals surface area contributed by atoms with Crippen molar-refractivity contribution in [3.8, 4) is 23.5 Å². The summed E-state index contributed by atoms with van der Waals surface area (Å²) in [5, 5.41) is 42.7. The highest BCUT2D eigenvalue weighted by atomic mass is 16.3. The first-order chi connectivity index (χ1) is 11.4. The van der Waals surface area contributed by atoms with Crippen molar-refractivity contribution < 1.29 is 5.11 Å². The Balaban J connectivity index is 2.44. The highest BCUT2D eigenvalue weighted by molar-refractivity contribution is 5.69.